The summed E-state index contributed by atoms with van der Waals surface area (Å²) in [6, 6.07) is 18.3. The van der Waals surface area contributed by atoms with Crippen LogP contribution in [-0.4, -0.2) is 0 Å². The summed E-state index contributed by atoms with van der Waals surface area (Å²) in [4.78, 5) is 0. The third-order valence-electron chi connectivity index (χ3n) is 6.84. The lowest BCUT2D eigenvalue weighted by atomic mass is 9.87. The highest BCUT2D eigenvalue weighted by atomic mass is 14.2. The van der Waals surface area contributed by atoms with Crippen molar-refractivity contribution < 1.29 is 0 Å². The van der Waals surface area contributed by atoms with Gasteiger partial charge in [0.1, 0.15) is 0 Å². The second kappa shape index (κ2) is 7.43. The molecule has 0 atom stereocenters. The van der Waals surface area contributed by atoms with Crippen LogP contribution in [0.2, 0.25) is 0 Å². The SMILES string of the molecule is Cc1cc(C)c(C)cc1C.Cc1cc(C)c2ccc3c(C)cc(C)c4ccc1c2c43. The molecule has 0 heteroatoms. The predicted molar refractivity (Wildman–Crippen MR) is 134 cm³/mol. The molecule has 152 valence electrons. The number of rotatable bonds is 0. The minimum atomic E-state index is 1.38. The van der Waals surface area contributed by atoms with E-state index in [0.717, 1.165) is 0 Å². The molecule has 0 aliphatic rings. The summed E-state index contributed by atoms with van der Waals surface area (Å²) in [5, 5.41) is 8.48. The molecule has 0 saturated heterocycles. The lowest BCUT2D eigenvalue weighted by Crippen LogP contribution is -1.92. The Balaban J connectivity index is 0.000000185. The van der Waals surface area contributed by atoms with Gasteiger partial charge in [0.15, 0.2) is 0 Å². The van der Waals surface area contributed by atoms with Crippen molar-refractivity contribution >= 4 is 32.3 Å². The Kier molecular flexibility index (Phi) is 5.06. The van der Waals surface area contributed by atoms with E-state index in [1.807, 2.05) is 0 Å². The largest absolute Gasteiger partial charge is 0.0559 e. The summed E-state index contributed by atoms with van der Waals surface area (Å²) in [5.41, 5.74) is 11.1. The van der Waals surface area contributed by atoms with E-state index in [9.17, 15) is 0 Å². The molecule has 5 aromatic carbocycles. The quantitative estimate of drug-likeness (QED) is 0.231. The molecule has 0 radical (unpaired) electrons. The summed E-state index contributed by atoms with van der Waals surface area (Å²) in [5.74, 6) is 0. The minimum Gasteiger partial charge on any atom is -0.0559 e. The summed E-state index contributed by atoms with van der Waals surface area (Å²) < 4.78 is 0. The molecular weight excluding hydrogens is 360 g/mol. The van der Waals surface area contributed by atoms with Gasteiger partial charge in [0.05, 0.1) is 0 Å². The fourth-order valence-electron chi connectivity index (χ4n) is 4.88. The van der Waals surface area contributed by atoms with Crippen LogP contribution in [-0.2, 0) is 0 Å². The van der Waals surface area contributed by atoms with E-state index in [2.05, 4.69) is 104 Å². The molecule has 0 bridgehead atoms. The van der Waals surface area contributed by atoms with Crippen LogP contribution in [0.3, 0.4) is 0 Å². The van der Waals surface area contributed by atoms with Gasteiger partial charge in [0.2, 0.25) is 0 Å². The zero-order chi connectivity index (χ0) is 21.7. The van der Waals surface area contributed by atoms with Crippen molar-refractivity contribution in [2.45, 2.75) is 55.4 Å². The van der Waals surface area contributed by atoms with Gasteiger partial charge in [-0.25, -0.2) is 0 Å². The molecule has 0 amide bonds. The Morgan fingerprint density at radius 3 is 0.733 bits per heavy atom. The van der Waals surface area contributed by atoms with Crippen LogP contribution in [0.1, 0.15) is 44.5 Å². The van der Waals surface area contributed by atoms with Crippen LogP contribution in [0.25, 0.3) is 32.3 Å². The molecule has 0 aromatic heterocycles. The first-order chi connectivity index (χ1) is 14.2. The maximum absolute atomic E-state index is 2.31. The summed E-state index contributed by atoms with van der Waals surface area (Å²) >= 11 is 0. The normalized spacial score (nSPS) is 11.3. The average Bonchev–Trinajstić information content (AvgIpc) is 2.69. The first-order valence-electron chi connectivity index (χ1n) is 10.9. The molecule has 0 N–H and O–H groups in total. The molecule has 0 aliphatic carbocycles. The Morgan fingerprint density at radius 2 is 0.500 bits per heavy atom. The highest BCUT2D eigenvalue weighted by molar-refractivity contribution is 6.25. The van der Waals surface area contributed by atoms with Gasteiger partial charge in [-0.05, 0) is 132 Å². The molecule has 0 aliphatic heterocycles. The number of benzene rings is 5. The fourth-order valence-corrected chi connectivity index (χ4v) is 4.88. The van der Waals surface area contributed by atoms with Crippen molar-refractivity contribution in [3.63, 3.8) is 0 Å². The minimum absolute atomic E-state index is 1.38. The highest BCUT2D eigenvalue weighted by Gasteiger charge is 2.13. The summed E-state index contributed by atoms with van der Waals surface area (Å²) in [6.45, 7) is 17.5. The van der Waals surface area contributed by atoms with E-state index in [-0.39, 0.29) is 0 Å². The molecule has 0 saturated carbocycles. The Bertz CT molecular complexity index is 1200. The van der Waals surface area contributed by atoms with Gasteiger partial charge in [0, 0.05) is 0 Å². The molecule has 5 rings (SSSR count). The lowest BCUT2D eigenvalue weighted by molar-refractivity contribution is 1.24. The predicted octanol–water partition coefficient (Wildman–Crippen LogP) is 8.74. The standard InChI is InChI=1S/C20H18.C10H14/c1-11-9-12(2)16-7-8-18-14(4)10-13(3)17-6-5-15(11)19(16)20(17)18;1-7-5-9(3)10(4)6-8(7)2/h5-10H,1-4H3;5-6H,1-4H3. The third-order valence-corrected chi connectivity index (χ3v) is 6.84. The van der Waals surface area contributed by atoms with Crippen LogP contribution >= 0.6 is 0 Å². The Hall–Kier alpha value is -2.86. The van der Waals surface area contributed by atoms with Crippen molar-refractivity contribution in [2.75, 3.05) is 0 Å². The lowest BCUT2D eigenvalue weighted by Gasteiger charge is -2.17. The van der Waals surface area contributed by atoms with E-state index >= 15 is 0 Å². The van der Waals surface area contributed by atoms with Gasteiger partial charge in [-0.15, -0.1) is 0 Å². The van der Waals surface area contributed by atoms with Crippen LogP contribution < -0.4 is 0 Å². The third kappa shape index (κ3) is 3.25. The van der Waals surface area contributed by atoms with E-state index in [4.69, 9.17) is 0 Å². The van der Waals surface area contributed by atoms with Gasteiger partial charge in [-0.1, -0.05) is 48.5 Å². The number of hydrogen-bond acceptors (Lipinski definition) is 0. The van der Waals surface area contributed by atoms with Gasteiger partial charge in [-0.2, -0.15) is 0 Å². The van der Waals surface area contributed by atoms with Crippen molar-refractivity contribution in [1.82, 2.24) is 0 Å². The Labute approximate surface area is 180 Å². The molecule has 5 aromatic rings. The van der Waals surface area contributed by atoms with Crippen molar-refractivity contribution in [1.29, 1.82) is 0 Å². The Morgan fingerprint density at radius 1 is 0.300 bits per heavy atom. The molecule has 0 nitrogen and oxygen atoms in total. The van der Waals surface area contributed by atoms with E-state index < -0.39 is 0 Å². The van der Waals surface area contributed by atoms with Crippen LogP contribution in [0.15, 0.2) is 48.5 Å². The van der Waals surface area contributed by atoms with Crippen molar-refractivity contribution in [3.05, 3.63) is 93.0 Å². The van der Waals surface area contributed by atoms with E-state index in [1.54, 1.807) is 0 Å². The highest BCUT2D eigenvalue weighted by Crippen LogP contribution is 2.39. The first-order valence-corrected chi connectivity index (χ1v) is 10.9. The summed E-state index contributed by atoms with van der Waals surface area (Å²) in [6.07, 6.45) is 0. The van der Waals surface area contributed by atoms with Crippen LogP contribution in [0.5, 0.6) is 0 Å². The maximum Gasteiger partial charge on any atom is -0.00213 e. The second-order valence-electron chi connectivity index (χ2n) is 9.11. The van der Waals surface area contributed by atoms with Gasteiger partial charge >= 0.3 is 0 Å². The first kappa shape index (κ1) is 20.4. The van der Waals surface area contributed by atoms with Crippen molar-refractivity contribution in [2.24, 2.45) is 0 Å². The second-order valence-corrected chi connectivity index (χ2v) is 9.11. The molecule has 0 spiro atoms. The van der Waals surface area contributed by atoms with Crippen molar-refractivity contribution in [3.8, 4) is 0 Å². The maximum atomic E-state index is 2.31. The zero-order valence-corrected chi connectivity index (χ0v) is 19.6. The number of aryl methyl sites for hydroxylation is 8. The van der Waals surface area contributed by atoms with E-state index in [1.165, 1.54) is 76.8 Å². The molecular formula is C30H32. The molecule has 0 unspecified atom stereocenters. The van der Waals surface area contributed by atoms with Gasteiger partial charge < -0.3 is 0 Å². The fraction of sp³-hybridized carbons (Fsp3) is 0.267. The van der Waals surface area contributed by atoms with Crippen LogP contribution in [0, 0.1) is 55.4 Å². The zero-order valence-electron chi connectivity index (χ0n) is 19.6. The molecule has 30 heavy (non-hydrogen) atoms. The smallest absolute Gasteiger partial charge is 0.00213 e. The van der Waals surface area contributed by atoms with Crippen LogP contribution in [0.4, 0.5) is 0 Å². The average molecular weight is 393 g/mol. The van der Waals surface area contributed by atoms with Gasteiger partial charge in [0.25, 0.3) is 0 Å². The molecule has 0 heterocycles. The van der Waals surface area contributed by atoms with Gasteiger partial charge in [-0.3, -0.25) is 0 Å². The molecule has 0 fully saturated rings. The summed E-state index contributed by atoms with van der Waals surface area (Å²) in [7, 11) is 0. The monoisotopic (exact) mass is 392 g/mol. The number of hydrogen-bond donors (Lipinski definition) is 0. The topological polar surface area (TPSA) is 0 Å². The van der Waals surface area contributed by atoms with E-state index in [0.29, 0.717) is 0 Å².